The molecule has 3 N–H and O–H groups in total. The maximum absolute atomic E-state index is 12.3. The van der Waals surface area contributed by atoms with Gasteiger partial charge in [-0.3, -0.25) is 5.84 Å². The number of ether oxygens (including phenoxy) is 1. The number of methoxy groups -OCH3 is 1. The third kappa shape index (κ3) is 2.96. The van der Waals surface area contributed by atoms with Gasteiger partial charge in [0.05, 0.1) is 12.3 Å². The highest BCUT2D eigenvalue weighted by molar-refractivity contribution is 7.89. The maximum Gasteiger partial charge on any atom is 0.262 e. The second kappa shape index (κ2) is 6.10. The van der Waals surface area contributed by atoms with Crippen molar-refractivity contribution in [1.82, 2.24) is 9.29 Å². The third-order valence-electron chi connectivity index (χ3n) is 2.58. The Hall–Kier alpha value is -1.22. The zero-order valence-corrected chi connectivity index (χ0v) is 11.4. The van der Waals surface area contributed by atoms with Gasteiger partial charge >= 0.3 is 0 Å². The van der Waals surface area contributed by atoms with E-state index in [2.05, 4.69) is 10.4 Å². The molecule has 0 aliphatic rings. The lowest BCUT2D eigenvalue weighted by Crippen LogP contribution is -2.38. The van der Waals surface area contributed by atoms with Crippen molar-refractivity contribution >= 4 is 15.7 Å². The fraction of sp³-hybridized carbons (Fsp3) is 0.500. The van der Waals surface area contributed by atoms with Gasteiger partial charge in [-0.1, -0.05) is 0 Å². The van der Waals surface area contributed by atoms with Crippen molar-refractivity contribution in [3.05, 3.63) is 18.3 Å². The van der Waals surface area contributed by atoms with E-state index in [1.165, 1.54) is 24.7 Å². The van der Waals surface area contributed by atoms with Crippen molar-refractivity contribution in [1.29, 1.82) is 0 Å². The van der Waals surface area contributed by atoms with Crippen molar-refractivity contribution in [2.24, 2.45) is 5.84 Å². The molecule has 1 aromatic rings. The van der Waals surface area contributed by atoms with E-state index in [-0.39, 0.29) is 16.8 Å². The number of nitrogens with two attached hydrogens (primary N) is 1. The molecule has 0 aromatic carbocycles. The largest absolute Gasteiger partial charge is 0.383 e. The quantitative estimate of drug-likeness (QED) is 0.561. The summed E-state index contributed by atoms with van der Waals surface area (Å²) in [5, 5.41) is -0.0991. The van der Waals surface area contributed by atoms with Gasteiger partial charge < -0.3 is 10.2 Å². The molecule has 0 aliphatic carbocycles. The number of nitrogen functional groups attached to an aromatic ring is 1. The number of anilines is 1. The number of hydrogen-bond donors (Lipinski definition) is 2. The van der Waals surface area contributed by atoms with Crippen molar-refractivity contribution in [2.75, 3.05) is 26.2 Å². The number of sulfonamides is 1. The molecule has 0 amide bonds. The SMILES string of the molecule is COCC(C)N(C)S(=O)(=O)c1ncccc1NN. The van der Waals surface area contributed by atoms with E-state index in [1.54, 1.807) is 19.1 Å². The molecular weight excluding hydrogens is 256 g/mol. The van der Waals surface area contributed by atoms with E-state index in [4.69, 9.17) is 10.6 Å². The second-order valence-corrected chi connectivity index (χ2v) is 5.74. The van der Waals surface area contributed by atoms with E-state index in [9.17, 15) is 8.42 Å². The van der Waals surface area contributed by atoms with Gasteiger partial charge in [0.15, 0.2) is 5.03 Å². The summed E-state index contributed by atoms with van der Waals surface area (Å²) in [6.45, 7) is 2.05. The molecule has 1 atom stereocenters. The molecule has 0 saturated heterocycles. The number of hydrogen-bond acceptors (Lipinski definition) is 6. The topological polar surface area (TPSA) is 97.5 Å². The smallest absolute Gasteiger partial charge is 0.262 e. The summed E-state index contributed by atoms with van der Waals surface area (Å²) in [5.74, 6) is 5.28. The molecule has 0 radical (unpaired) electrons. The molecule has 1 rings (SSSR count). The Bertz CT molecular complexity index is 492. The summed E-state index contributed by atoms with van der Waals surface area (Å²) in [6, 6.07) is 2.86. The molecule has 18 heavy (non-hydrogen) atoms. The lowest BCUT2D eigenvalue weighted by atomic mass is 10.4. The number of hydrazine groups is 1. The number of pyridine rings is 1. The normalized spacial score (nSPS) is 13.6. The van der Waals surface area contributed by atoms with Crippen LogP contribution in [-0.2, 0) is 14.8 Å². The third-order valence-corrected chi connectivity index (χ3v) is 4.51. The minimum absolute atomic E-state index is 0.0991. The second-order valence-electron chi connectivity index (χ2n) is 3.83. The van der Waals surface area contributed by atoms with Crippen LogP contribution in [0.3, 0.4) is 0 Å². The molecule has 1 heterocycles. The van der Waals surface area contributed by atoms with Crippen LogP contribution in [0.2, 0.25) is 0 Å². The monoisotopic (exact) mass is 274 g/mol. The molecule has 1 unspecified atom stereocenters. The van der Waals surface area contributed by atoms with Gasteiger partial charge in [-0.25, -0.2) is 13.4 Å². The summed E-state index contributed by atoms with van der Waals surface area (Å²) in [5.41, 5.74) is 2.59. The Balaban J connectivity index is 3.13. The van der Waals surface area contributed by atoms with Crippen LogP contribution in [0.1, 0.15) is 6.92 Å². The van der Waals surface area contributed by atoms with Gasteiger partial charge in [0.1, 0.15) is 0 Å². The van der Waals surface area contributed by atoms with Gasteiger partial charge in [-0.15, -0.1) is 0 Å². The zero-order valence-electron chi connectivity index (χ0n) is 10.6. The van der Waals surface area contributed by atoms with E-state index >= 15 is 0 Å². The minimum Gasteiger partial charge on any atom is -0.383 e. The summed E-state index contributed by atoms with van der Waals surface area (Å²) >= 11 is 0. The van der Waals surface area contributed by atoms with Crippen LogP contribution in [-0.4, -0.2) is 44.5 Å². The standard InChI is InChI=1S/C10H18N4O3S/c1-8(7-17-3)14(2)18(15,16)10-9(13-11)5-4-6-12-10/h4-6,8,13H,7,11H2,1-3H3. The molecule has 1 aromatic heterocycles. The van der Waals surface area contributed by atoms with Gasteiger partial charge in [0.2, 0.25) is 0 Å². The van der Waals surface area contributed by atoms with Gasteiger partial charge in [-0.05, 0) is 19.1 Å². The van der Waals surface area contributed by atoms with Crippen molar-refractivity contribution in [2.45, 2.75) is 18.0 Å². The summed E-state index contributed by atoms with van der Waals surface area (Å²) < 4.78 is 30.8. The fourth-order valence-corrected chi connectivity index (χ4v) is 2.83. The molecular formula is C10H18N4O3S. The van der Waals surface area contributed by atoms with Crippen molar-refractivity contribution in [3.63, 3.8) is 0 Å². The van der Waals surface area contributed by atoms with Gasteiger partial charge in [-0.2, -0.15) is 4.31 Å². The highest BCUT2D eigenvalue weighted by atomic mass is 32.2. The predicted molar refractivity (Wildman–Crippen MR) is 68.3 cm³/mol. The average Bonchev–Trinajstić information content (AvgIpc) is 2.38. The van der Waals surface area contributed by atoms with Gasteiger partial charge in [0, 0.05) is 26.4 Å². The number of rotatable bonds is 6. The Morgan fingerprint density at radius 1 is 1.61 bits per heavy atom. The first-order valence-corrected chi connectivity index (χ1v) is 6.77. The van der Waals surface area contributed by atoms with Gasteiger partial charge in [0.25, 0.3) is 10.0 Å². The highest BCUT2D eigenvalue weighted by Crippen LogP contribution is 2.21. The van der Waals surface area contributed by atoms with Crippen LogP contribution >= 0.6 is 0 Å². The summed E-state index contributed by atoms with van der Waals surface area (Å²) in [6.07, 6.45) is 1.41. The molecule has 0 bridgehead atoms. The molecule has 7 nitrogen and oxygen atoms in total. The molecule has 102 valence electrons. The average molecular weight is 274 g/mol. The van der Waals surface area contributed by atoms with Crippen LogP contribution in [0, 0.1) is 0 Å². The molecule has 0 spiro atoms. The minimum atomic E-state index is -3.70. The maximum atomic E-state index is 12.3. The van der Waals surface area contributed by atoms with Crippen molar-refractivity contribution < 1.29 is 13.2 Å². The lowest BCUT2D eigenvalue weighted by Gasteiger charge is -2.23. The van der Waals surface area contributed by atoms with Crippen LogP contribution in [0.15, 0.2) is 23.4 Å². The Kier molecular flexibility index (Phi) is 5.03. The summed E-state index contributed by atoms with van der Waals surface area (Å²) in [7, 11) is -0.705. The van der Waals surface area contributed by atoms with E-state index in [0.29, 0.717) is 6.61 Å². The van der Waals surface area contributed by atoms with Crippen LogP contribution < -0.4 is 11.3 Å². The number of aromatic nitrogens is 1. The van der Waals surface area contributed by atoms with E-state index in [1.807, 2.05) is 0 Å². The zero-order chi connectivity index (χ0) is 13.8. The van der Waals surface area contributed by atoms with E-state index < -0.39 is 10.0 Å². The van der Waals surface area contributed by atoms with Crippen LogP contribution in [0.4, 0.5) is 5.69 Å². The first kappa shape index (κ1) is 14.8. The number of nitrogens with one attached hydrogen (secondary N) is 1. The number of nitrogens with zero attached hydrogens (tertiary/aromatic N) is 2. The first-order chi connectivity index (χ1) is 8.45. The Morgan fingerprint density at radius 3 is 2.83 bits per heavy atom. The molecule has 0 fully saturated rings. The predicted octanol–water partition coefficient (Wildman–Crippen LogP) is 0.0226. The fourth-order valence-electron chi connectivity index (χ4n) is 1.43. The first-order valence-electron chi connectivity index (χ1n) is 5.33. The van der Waals surface area contributed by atoms with Crippen LogP contribution in [0.25, 0.3) is 0 Å². The summed E-state index contributed by atoms with van der Waals surface area (Å²) in [4.78, 5) is 3.87. The molecule has 0 aliphatic heterocycles. The van der Waals surface area contributed by atoms with E-state index in [0.717, 1.165) is 0 Å². The lowest BCUT2D eigenvalue weighted by molar-refractivity contribution is 0.149. The van der Waals surface area contributed by atoms with Crippen molar-refractivity contribution in [3.8, 4) is 0 Å². The Morgan fingerprint density at radius 2 is 2.28 bits per heavy atom. The molecule has 0 saturated carbocycles. The van der Waals surface area contributed by atoms with Crippen LogP contribution in [0.5, 0.6) is 0 Å². The molecule has 8 heteroatoms. The Labute approximate surface area is 107 Å². The highest BCUT2D eigenvalue weighted by Gasteiger charge is 2.28. The number of likely N-dealkylation sites (N-methyl/N-ethyl adjacent to an activating group) is 1.